The molecule has 0 amide bonds. The Morgan fingerprint density at radius 1 is 1.30 bits per heavy atom. The molecule has 1 aliphatic rings. The predicted octanol–water partition coefficient (Wildman–Crippen LogP) is 3.38. The quantitative estimate of drug-likeness (QED) is 0.387. The van der Waals surface area contributed by atoms with E-state index >= 15 is 0 Å². The van der Waals surface area contributed by atoms with E-state index in [0.717, 1.165) is 0 Å². The predicted molar refractivity (Wildman–Crippen MR) is 58.1 cm³/mol. The summed E-state index contributed by atoms with van der Waals surface area (Å²) in [4.78, 5) is 0. The van der Waals surface area contributed by atoms with E-state index in [9.17, 15) is 0 Å². The third-order valence-electron chi connectivity index (χ3n) is 2.38. The monoisotopic (exact) mass is 264 g/mol. The molecule has 0 aromatic heterocycles. The van der Waals surface area contributed by atoms with E-state index in [2.05, 4.69) is 29.5 Å². The third-order valence-corrected chi connectivity index (χ3v) is 4.22. The molecular weight excluding hydrogens is 247 g/mol. The summed E-state index contributed by atoms with van der Waals surface area (Å²) in [5.74, 6) is 0. The zero-order valence-electron chi connectivity index (χ0n) is 8.83. The van der Waals surface area contributed by atoms with Crippen LogP contribution < -0.4 is 0 Å². The molecule has 1 aliphatic carbocycles. The van der Waals surface area contributed by atoms with E-state index in [1.54, 1.807) is 0 Å². The van der Waals surface area contributed by atoms with E-state index < -0.39 is 0 Å². The van der Waals surface area contributed by atoms with Crippen molar-refractivity contribution in [2.75, 3.05) is 0 Å². The minimum Gasteiger partial charge on any atom is -1.00 e. The summed E-state index contributed by atoms with van der Waals surface area (Å²) < 4.78 is 0.690. The molecule has 0 unspecified atom stereocenters. The molecule has 1 rings (SSSR count). The summed E-state index contributed by atoms with van der Waals surface area (Å²) in [6, 6.07) is 0. The standard InChI is InChI=1S/C8H15I.Mg.2H/c1-2-8(9)6-4-3-5-7-8;;;/h2-7H2,1H3;;;/q;+2;2*-1. The normalized spacial score (nSPS) is 23.4. The van der Waals surface area contributed by atoms with Crippen LogP contribution in [0.3, 0.4) is 0 Å². The van der Waals surface area contributed by atoms with E-state index in [1.807, 2.05) is 0 Å². The average Bonchev–Trinajstić information content (AvgIpc) is 1.90. The van der Waals surface area contributed by atoms with Gasteiger partial charge in [-0.2, -0.15) is 0 Å². The van der Waals surface area contributed by atoms with Gasteiger partial charge in [0.2, 0.25) is 0 Å². The van der Waals surface area contributed by atoms with Gasteiger partial charge < -0.3 is 2.85 Å². The average molecular weight is 264 g/mol. The van der Waals surface area contributed by atoms with Crippen LogP contribution in [0.5, 0.6) is 0 Å². The van der Waals surface area contributed by atoms with Gasteiger partial charge in [-0.1, -0.05) is 48.8 Å². The molecule has 0 radical (unpaired) electrons. The van der Waals surface area contributed by atoms with Crippen LogP contribution in [-0.4, -0.2) is 26.5 Å². The molecule has 58 valence electrons. The first-order valence-corrected chi connectivity index (χ1v) is 5.04. The van der Waals surface area contributed by atoms with Crippen molar-refractivity contribution >= 4 is 45.6 Å². The van der Waals surface area contributed by atoms with Crippen molar-refractivity contribution in [3.8, 4) is 0 Å². The Bertz CT molecular complexity index is 95.1. The Kier molecular flexibility index (Phi) is 5.97. The van der Waals surface area contributed by atoms with Crippen molar-refractivity contribution in [2.45, 2.75) is 48.9 Å². The van der Waals surface area contributed by atoms with Gasteiger partial charge in [0.1, 0.15) is 0 Å². The molecule has 1 saturated carbocycles. The minimum atomic E-state index is 0. The summed E-state index contributed by atoms with van der Waals surface area (Å²) >= 11 is 2.65. The van der Waals surface area contributed by atoms with Gasteiger partial charge in [0.15, 0.2) is 0 Å². The molecule has 0 aliphatic heterocycles. The van der Waals surface area contributed by atoms with Gasteiger partial charge in [-0.05, 0) is 19.3 Å². The van der Waals surface area contributed by atoms with Crippen LogP contribution in [0, 0.1) is 0 Å². The zero-order chi connectivity index (χ0) is 6.74. The fraction of sp³-hybridized carbons (Fsp3) is 1.00. The van der Waals surface area contributed by atoms with Crippen LogP contribution in [-0.2, 0) is 0 Å². The summed E-state index contributed by atoms with van der Waals surface area (Å²) in [5, 5.41) is 0. The fourth-order valence-electron chi connectivity index (χ4n) is 1.54. The van der Waals surface area contributed by atoms with Crippen LogP contribution in [0.15, 0.2) is 0 Å². The van der Waals surface area contributed by atoms with E-state index in [1.165, 1.54) is 38.5 Å². The number of hydrogen-bond acceptors (Lipinski definition) is 0. The second-order valence-corrected chi connectivity index (χ2v) is 5.35. The van der Waals surface area contributed by atoms with Crippen molar-refractivity contribution in [1.29, 1.82) is 0 Å². The molecule has 0 N–H and O–H groups in total. The van der Waals surface area contributed by atoms with Crippen LogP contribution in [0.2, 0.25) is 0 Å². The van der Waals surface area contributed by atoms with E-state index in [-0.39, 0.29) is 25.9 Å². The first kappa shape index (κ1) is 11.5. The van der Waals surface area contributed by atoms with Crippen molar-refractivity contribution in [3.63, 3.8) is 0 Å². The van der Waals surface area contributed by atoms with Crippen LogP contribution in [0.4, 0.5) is 0 Å². The first-order valence-electron chi connectivity index (χ1n) is 3.96. The van der Waals surface area contributed by atoms with Gasteiger partial charge in [-0.15, -0.1) is 0 Å². The molecule has 0 nitrogen and oxygen atoms in total. The summed E-state index contributed by atoms with van der Waals surface area (Å²) in [7, 11) is 0. The Balaban J connectivity index is -0.000000270. The van der Waals surface area contributed by atoms with Crippen LogP contribution >= 0.6 is 22.6 Å². The molecule has 0 spiro atoms. The van der Waals surface area contributed by atoms with Gasteiger partial charge >= 0.3 is 23.1 Å². The molecule has 0 saturated heterocycles. The van der Waals surface area contributed by atoms with Gasteiger partial charge in [0.25, 0.3) is 0 Å². The minimum absolute atomic E-state index is 0. The topological polar surface area (TPSA) is 0 Å². The number of hydrogen-bond donors (Lipinski definition) is 0. The van der Waals surface area contributed by atoms with Crippen molar-refractivity contribution in [2.24, 2.45) is 0 Å². The number of rotatable bonds is 1. The largest absolute Gasteiger partial charge is 2.00 e. The molecule has 0 aromatic carbocycles. The van der Waals surface area contributed by atoms with Gasteiger partial charge in [-0.3, -0.25) is 0 Å². The van der Waals surface area contributed by atoms with Crippen molar-refractivity contribution in [1.82, 2.24) is 0 Å². The Morgan fingerprint density at radius 2 is 1.80 bits per heavy atom. The molecule has 2 heteroatoms. The van der Waals surface area contributed by atoms with Gasteiger partial charge in [0.05, 0.1) is 0 Å². The van der Waals surface area contributed by atoms with Crippen molar-refractivity contribution < 1.29 is 2.85 Å². The maximum atomic E-state index is 2.65. The Labute approximate surface area is 96.8 Å². The SMILES string of the molecule is CCC1(I)CCCCC1.[H-].[H-].[Mg+2]. The molecular formula is C8H17IMg. The molecule has 1 fully saturated rings. The molecule has 0 atom stereocenters. The first-order chi connectivity index (χ1) is 4.27. The molecule has 0 aromatic rings. The summed E-state index contributed by atoms with van der Waals surface area (Å²) in [6.45, 7) is 2.32. The summed E-state index contributed by atoms with van der Waals surface area (Å²) in [6.07, 6.45) is 8.71. The number of alkyl halides is 1. The van der Waals surface area contributed by atoms with E-state index in [4.69, 9.17) is 0 Å². The van der Waals surface area contributed by atoms with Crippen molar-refractivity contribution in [3.05, 3.63) is 0 Å². The van der Waals surface area contributed by atoms with Gasteiger partial charge in [0, 0.05) is 3.42 Å². The maximum absolute atomic E-state index is 2.65. The summed E-state index contributed by atoms with van der Waals surface area (Å²) in [5.41, 5.74) is 0. The molecule has 10 heavy (non-hydrogen) atoms. The molecule has 0 heterocycles. The van der Waals surface area contributed by atoms with E-state index in [0.29, 0.717) is 3.42 Å². The Hall–Kier alpha value is 1.50. The second-order valence-electron chi connectivity index (χ2n) is 3.07. The second kappa shape index (κ2) is 5.20. The fourth-order valence-corrected chi connectivity index (χ4v) is 2.30. The van der Waals surface area contributed by atoms with Gasteiger partial charge in [-0.25, -0.2) is 0 Å². The third kappa shape index (κ3) is 3.26. The van der Waals surface area contributed by atoms with Crippen LogP contribution in [0.1, 0.15) is 48.3 Å². The zero-order valence-corrected chi connectivity index (χ0v) is 10.4. The molecule has 0 bridgehead atoms. The van der Waals surface area contributed by atoms with Crippen LogP contribution in [0.25, 0.3) is 0 Å². The Morgan fingerprint density at radius 3 is 2.10 bits per heavy atom. The number of halogens is 1. The smallest absolute Gasteiger partial charge is 1.00 e. The maximum Gasteiger partial charge on any atom is 2.00 e.